The van der Waals surface area contributed by atoms with E-state index in [1.54, 1.807) is 6.92 Å². The summed E-state index contributed by atoms with van der Waals surface area (Å²) in [5.41, 5.74) is 0. The zero-order valence-electron chi connectivity index (χ0n) is 10.0. The topological polar surface area (TPSA) is 88.0 Å². The lowest BCUT2D eigenvalue weighted by molar-refractivity contribution is -0.154. The Labute approximate surface area is 96.5 Å². The summed E-state index contributed by atoms with van der Waals surface area (Å²) in [6, 6.07) is -0.557. The molecule has 0 radical (unpaired) electrons. The molecule has 0 aliphatic carbocycles. The highest BCUT2D eigenvalue weighted by molar-refractivity contribution is 7.49. The molecule has 0 amide bonds. The van der Waals surface area contributed by atoms with Gasteiger partial charge in [0.15, 0.2) is 6.29 Å². The largest absolute Gasteiger partial charge is 0.400 e. The lowest BCUT2D eigenvalue weighted by atomic mass is 10.3. The summed E-state index contributed by atoms with van der Waals surface area (Å²) in [6.07, 6.45) is 1.02. The predicted molar refractivity (Wildman–Crippen MR) is 60.9 cm³/mol. The van der Waals surface area contributed by atoms with Crippen molar-refractivity contribution in [1.82, 2.24) is 5.09 Å². The van der Waals surface area contributed by atoms with Gasteiger partial charge in [-0.3, -0.25) is 0 Å². The maximum absolute atomic E-state index is 10.8. The first-order valence-corrected chi connectivity index (χ1v) is 7.08. The molecular weight excluding hydrogens is 233 g/mol. The third-order valence-electron chi connectivity index (χ3n) is 1.75. The Bertz CT molecular complexity index is 212. The van der Waals surface area contributed by atoms with Gasteiger partial charge in [0.1, 0.15) is 0 Å². The van der Waals surface area contributed by atoms with Gasteiger partial charge in [0.05, 0.1) is 6.04 Å². The van der Waals surface area contributed by atoms with Crippen molar-refractivity contribution in [1.29, 1.82) is 0 Å². The van der Waals surface area contributed by atoms with Gasteiger partial charge in [0.25, 0.3) is 0 Å². The average Bonchev–Trinajstić information content (AvgIpc) is 2.15. The van der Waals surface area contributed by atoms with Crippen LogP contribution in [0.4, 0.5) is 0 Å². The molecule has 0 saturated heterocycles. The molecule has 0 fully saturated rings. The number of ether oxygens (including phenoxy) is 2. The van der Waals surface area contributed by atoms with E-state index in [1.165, 1.54) is 0 Å². The molecule has 0 rings (SSSR count). The van der Waals surface area contributed by atoms with Gasteiger partial charge in [0, 0.05) is 13.2 Å². The molecule has 98 valence electrons. The number of hydrogen-bond donors (Lipinski definition) is 3. The van der Waals surface area contributed by atoms with Gasteiger partial charge in [-0.15, -0.1) is 0 Å². The van der Waals surface area contributed by atoms with E-state index in [2.05, 4.69) is 5.09 Å². The second kappa shape index (κ2) is 8.17. The minimum absolute atomic E-state index is 0.502. The Balaban J connectivity index is 4.19. The van der Waals surface area contributed by atoms with E-state index in [9.17, 15) is 4.57 Å². The minimum Gasteiger partial charge on any atom is -0.351 e. The van der Waals surface area contributed by atoms with Crippen LogP contribution in [0.1, 0.15) is 33.6 Å². The zero-order chi connectivity index (χ0) is 12.6. The highest BCUT2D eigenvalue weighted by atomic mass is 31.2. The van der Waals surface area contributed by atoms with Crippen LogP contribution >= 0.6 is 7.75 Å². The van der Waals surface area contributed by atoms with E-state index in [-0.39, 0.29) is 0 Å². The highest BCUT2D eigenvalue weighted by Crippen LogP contribution is 2.30. The summed E-state index contributed by atoms with van der Waals surface area (Å²) in [6.45, 7) is 6.54. The molecule has 3 N–H and O–H groups in total. The van der Waals surface area contributed by atoms with E-state index in [0.717, 1.165) is 12.8 Å². The molecule has 0 aliphatic rings. The molecule has 0 bridgehead atoms. The SMILES string of the molecule is CCCOC(OCCC)[C@H](C)NP(=O)(O)O. The van der Waals surface area contributed by atoms with Crippen molar-refractivity contribution in [3.8, 4) is 0 Å². The molecular formula is C9H22NO5P. The van der Waals surface area contributed by atoms with Crippen LogP contribution in [0.25, 0.3) is 0 Å². The lowest BCUT2D eigenvalue weighted by Crippen LogP contribution is -2.39. The van der Waals surface area contributed by atoms with Crippen molar-refractivity contribution < 1.29 is 23.8 Å². The average molecular weight is 255 g/mol. The quantitative estimate of drug-likeness (QED) is 0.424. The Morgan fingerprint density at radius 3 is 1.94 bits per heavy atom. The summed E-state index contributed by atoms with van der Waals surface area (Å²) >= 11 is 0. The molecule has 7 heteroatoms. The van der Waals surface area contributed by atoms with Crippen LogP contribution in [0.5, 0.6) is 0 Å². The fourth-order valence-corrected chi connectivity index (χ4v) is 1.78. The van der Waals surface area contributed by atoms with E-state index in [4.69, 9.17) is 19.3 Å². The summed E-state index contributed by atoms with van der Waals surface area (Å²) in [5, 5.41) is 2.15. The highest BCUT2D eigenvalue weighted by Gasteiger charge is 2.24. The fraction of sp³-hybridized carbons (Fsp3) is 1.00. The molecule has 0 saturated carbocycles. The van der Waals surface area contributed by atoms with Crippen LogP contribution in [-0.2, 0) is 14.0 Å². The van der Waals surface area contributed by atoms with Crippen LogP contribution in [0.3, 0.4) is 0 Å². The van der Waals surface area contributed by atoms with Crippen molar-refractivity contribution in [2.75, 3.05) is 13.2 Å². The van der Waals surface area contributed by atoms with E-state index < -0.39 is 20.1 Å². The number of rotatable bonds is 9. The molecule has 0 aromatic carbocycles. The van der Waals surface area contributed by atoms with Gasteiger partial charge in [-0.2, -0.15) is 0 Å². The number of nitrogens with one attached hydrogen (secondary N) is 1. The predicted octanol–water partition coefficient (Wildman–Crippen LogP) is 1.24. The van der Waals surface area contributed by atoms with Crippen molar-refractivity contribution in [2.24, 2.45) is 0 Å². The second-order valence-electron chi connectivity index (χ2n) is 3.57. The van der Waals surface area contributed by atoms with Gasteiger partial charge in [-0.1, -0.05) is 13.8 Å². The standard InChI is InChI=1S/C9H22NO5P/c1-4-6-14-9(15-7-5-2)8(3)10-16(11,12)13/h8-9H,4-7H2,1-3H3,(H3,10,11,12,13)/t8-/m0/s1. The summed E-state index contributed by atoms with van der Waals surface area (Å²) in [4.78, 5) is 17.6. The molecule has 0 spiro atoms. The van der Waals surface area contributed by atoms with E-state index >= 15 is 0 Å². The summed E-state index contributed by atoms with van der Waals surface area (Å²) in [5.74, 6) is 0. The normalized spacial score (nSPS) is 14.4. The van der Waals surface area contributed by atoms with Crippen LogP contribution in [0, 0.1) is 0 Å². The van der Waals surface area contributed by atoms with Gasteiger partial charge in [0.2, 0.25) is 0 Å². The summed E-state index contributed by atoms with van der Waals surface area (Å²) < 4.78 is 21.5. The second-order valence-corrected chi connectivity index (χ2v) is 4.92. The maximum atomic E-state index is 10.8. The van der Waals surface area contributed by atoms with Crippen LogP contribution < -0.4 is 5.09 Å². The number of hydrogen-bond acceptors (Lipinski definition) is 3. The minimum atomic E-state index is -4.25. The maximum Gasteiger partial charge on any atom is 0.400 e. The van der Waals surface area contributed by atoms with Crippen LogP contribution in [-0.4, -0.2) is 35.3 Å². The molecule has 0 aromatic heterocycles. The third kappa shape index (κ3) is 8.21. The molecule has 1 atom stereocenters. The first-order chi connectivity index (χ1) is 7.40. The van der Waals surface area contributed by atoms with Crippen molar-refractivity contribution in [2.45, 2.75) is 45.9 Å². The first-order valence-electron chi connectivity index (χ1n) is 5.47. The van der Waals surface area contributed by atoms with E-state index in [0.29, 0.717) is 13.2 Å². The van der Waals surface area contributed by atoms with Crippen LogP contribution in [0.2, 0.25) is 0 Å². The Morgan fingerprint density at radius 1 is 1.19 bits per heavy atom. The molecule has 0 heterocycles. The zero-order valence-corrected chi connectivity index (χ0v) is 10.9. The Hall–Kier alpha value is 0.0300. The monoisotopic (exact) mass is 255 g/mol. The van der Waals surface area contributed by atoms with Gasteiger partial charge >= 0.3 is 7.75 Å². The van der Waals surface area contributed by atoms with Crippen molar-refractivity contribution in [3.05, 3.63) is 0 Å². The van der Waals surface area contributed by atoms with E-state index in [1.807, 2.05) is 13.8 Å². The molecule has 16 heavy (non-hydrogen) atoms. The molecule has 6 nitrogen and oxygen atoms in total. The van der Waals surface area contributed by atoms with Gasteiger partial charge in [-0.25, -0.2) is 9.65 Å². The van der Waals surface area contributed by atoms with Gasteiger partial charge in [-0.05, 0) is 19.8 Å². The first kappa shape index (κ1) is 16.0. The van der Waals surface area contributed by atoms with Gasteiger partial charge < -0.3 is 19.3 Å². The molecule has 0 aromatic rings. The molecule has 0 aliphatic heterocycles. The Morgan fingerprint density at radius 2 is 1.62 bits per heavy atom. The van der Waals surface area contributed by atoms with Crippen molar-refractivity contribution in [3.63, 3.8) is 0 Å². The smallest absolute Gasteiger partial charge is 0.351 e. The molecule has 0 unspecified atom stereocenters. The van der Waals surface area contributed by atoms with Crippen molar-refractivity contribution >= 4 is 7.75 Å². The third-order valence-corrected chi connectivity index (χ3v) is 2.50. The van der Waals surface area contributed by atoms with Crippen LogP contribution in [0.15, 0.2) is 0 Å². The fourth-order valence-electron chi connectivity index (χ4n) is 1.13. The summed E-state index contributed by atoms with van der Waals surface area (Å²) in [7, 11) is -4.25. The lowest BCUT2D eigenvalue weighted by Gasteiger charge is -2.25. The Kier molecular flexibility index (Phi) is 8.18.